The van der Waals surface area contributed by atoms with E-state index in [1.165, 1.54) is 0 Å². The molecule has 116 valence electrons. The smallest absolute Gasteiger partial charge is 0.410 e. The molecule has 0 spiro atoms. The second-order valence-electron chi connectivity index (χ2n) is 6.30. The van der Waals surface area contributed by atoms with Gasteiger partial charge in [-0.3, -0.25) is 0 Å². The monoisotopic (exact) mass is 355 g/mol. The summed E-state index contributed by atoms with van der Waals surface area (Å²) >= 11 is 3.45. The number of halogens is 1. The van der Waals surface area contributed by atoms with E-state index in [9.17, 15) is 4.79 Å². The Morgan fingerprint density at radius 1 is 1.38 bits per heavy atom. The van der Waals surface area contributed by atoms with E-state index < -0.39 is 5.60 Å². The lowest BCUT2D eigenvalue weighted by Gasteiger charge is -2.24. The number of amides is 1. The van der Waals surface area contributed by atoms with Crippen LogP contribution < -0.4 is 4.74 Å². The molecule has 0 aromatic heterocycles. The Morgan fingerprint density at radius 2 is 2.10 bits per heavy atom. The lowest BCUT2D eigenvalue weighted by Crippen LogP contribution is -2.35. The summed E-state index contributed by atoms with van der Waals surface area (Å²) in [7, 11) is 1.67. The van der Waals surface area contributed by atoms with Crippen molar-refractivity contribution >= 4 is 22.0 Å². The first-order valence-electron chi connectivity index (χ1n) is 7.11. The van der Waals surface area contributed by atoms with Crippen LogP contribution in [0.1, 0.15) is 38.7 Å². The highest BCUT2D eigenvalue weighted by Gasteiger charge is 2.31. The first kappa shape index (κ1) is 16.1. The average Bonchev–Trinajstić information content (AvgIpc) is 2.86. The predicted molar refractivity (Wildman–Crippen MR) is 85.9 cm³/mol. The zero-order valence-electron chi connectivity index (χ0n) is 13.0. The molecule has 0 bridgehead atoms. The van der Waals surface area contributed by atoms with Gasteiger partial charge < -0.3 is 14.4 Å². The summed E-state index contributed by atoms with van der Waals surface area (Å²) in [4.78, 5) is 13.9. The average molecular weight is 356 g/mol. The molecule has 1 aliphatic rings. The van der Waals surface area contributed by atoms with E-state index in [0.29, 0.717) is 12.5 Å². The molecule has 0 N–H and O–H groups in total. The molecule has 2 rings (SSSR count). The fourth-order valence-corrected chi connectivity index (χ4v) is 2.87. The molecule has 1 saturated heterocycles. The van der Waals surface area contributed by atoms with Crippen LogP contribution in [0.5, 0.6) is 5.75 Å². The molecule has 1 amide bonds. The van der Waals surface area contributed by atoms with Gasteiger partial charge in [-0.2, -0.15) is 0 Å². The molecule has 1 aromatic carbocycles. The number of carbonyl (C=O) groups is 1. The summed E-state index contributed by atoms with van der Waals surface area (Å²) < 4.78 is 11.9. The molecule has 1 aromatic rings. The molecule has 4 nitrogen and oxygen atoms in total. The summed E-state index contributed by atoms with van der Waals surface area (Å²) in [6, 6.07) is 6.03. The van der Waals surface area contributed by atoms with Crippen LogP contribution in [-0.4, -0.2) is 36.8 Å². The van der Waals surface area contributed by atoms with Gasteiger partial charge in [0.25, 0.3) is 0 Å². The van der Waals surface area contributed by atoms with Crippen molar-refractivity contribution in [2.75, 3.05) is 20.2 Å². The molecule has 0 saturated carbocycles. The highest BCUT2D eigenvalue weighted by Crippen LogP contribution is 2.35. The third-order valence-electron chi connectivity index (χ3n) is 3.48. The minimum absolute atomic E-state index is 0.235. The molecule has 1 fully saturated rings. The van der Waals surface area contributed by atoms with E-state index in [1.807, 2.05) is 32.9 Å². The number of rotatable bonds is 2. The lowest BCUT2D eigenvalue weighted by atomic mass is 9.97. The normalized spacial score (nSPS) is 18.7. The number of ether oxygens (including phenoxy) is 2. The van der Waals surface area contributed by atoms with Gasteiger partial charge in [0, 0.05) is 23.5 Å². The predicted octanol–water partition coefficient (Wildman–Crippen LogP) is 4.18. The van der Waals surface area contributed by atoms with Crippen LogP contribution in [0.3, 0.4) is 0 Å². The van der Waals surface area contributed by atoms with Crippen LogP contribution in [0.25, 0.3) is 0 Å². The molecule has 5 heteroatoms. The Bertz CT molecular complexity index is 525. The molecular weight excluding hydrogens is 334 g/mol. The van der Waals surface area contributed by atoms with Gasteiger partial charge in [0.1, 0.15) is 11.4 Å². The fraction of sp³-hybridized carbons (Fsp3) is 0.562. The number of carbonyl (C=O) groups excluding carboxylic acids is 1. The maximum absolute atomic E-state index is 12.1. The van der Waals surface area contributed by atoms with Crippen molar-refractivity contribution in [2.24, 2.45) is 0 Å². The van der Waals surface area contributed by atoms with E-state index >= 15 is 0 Å². The van der Waals surface area contributed by atoms with Gasteiger partial charge in [0.15, 0.2) is 0 Å². The molecule has 0 aliphatic carbocycles. The molecular formula is C16H22BrNO3. The van der Waals surface area contributed by atoms with Crippen LogP contribution in [-0.2, 0) is 4.74 Å². The Labute approximate surface area is 134 Å². The number of likely N-dealkylation sites (tertiary alicyclic amines) is 1. The third-order valence-corrected chi connectivity index (χ3v) is 3.97. The van der Waals surface area contributed by atoms with Crippen molar-refractivity contribution in [3.8, 4) is 5.75 Å². The maximum Gasteiger partial charge on any atom is 0.410 e. The maximum atomic E-state index is 12.1. The summed E-state index contributed by atoms with van der Waals surface area (Å²) in [6.45, 7) is 7.05. The second kappa shape index (κ2) is 6.26. The largest absolute Gasteiger partial charge is 0.496 e. The van der Waals surface area contributed by atoms with Crippen LogP contribution in [0.2, 0.25) is 0 Å². The Kier molecular flexibility index (Phi) is 4.81. The van der Waals surface area contributed by atoms with E-state index in [4.69, 9.17) is 9.47 Å². The molecule has 1 unspecified atom stereocenters. The van der Waals surface area contributed by atoms with Crippen molar-refractivity contribution in [2.45, 2.75) is 38.7 Å². The standard InChI is InChI=1S/C16H22BrNO3/c1-16(2,3)21-15(19)18-8-7-11(10-18)13-6-5-12(17)9-14(13)20-4/h5-6,9,11H,7-8,10H2,1-4H3. The second-order valence-corrected chi connectivity index (χ2v) is 7.21. The van der Waals surface area contributed by atoms with Crippen LogP contribution in [0, 0.1) is 0 Å². The van der Waals surface area contributed by atoms with Crippen LogP contribution >= 0.6 is 15.9 Å². The minimum Gasteiger partial charge on any atom is -0.496 e. The zero-order chi connectivity index (χ0) is 15.6. The van der Waals surface area contributed by atoms with Crippen molar-refractivity contribution < 1.29 is 14.3 Å². The molecule has 1 aliphatic heterocycles. The van der Waals surface area contributed by atoms with Gasteiger partial charge in [-0.15, -0.1) is 0 Å². The van der Waals surface area contributed by atoms with Gasteiger partial charge in [-0.1, -0.05) is 22.0 Å². The Balaban J connectivity index is 2.07. The third kappa shape index (κ3) is 4.13. The molecule has 1 heterocycles. The minimum atomic E-state index is -0.454. The summed E-state index contributed by atoms with van der Waals surface area (Å²) in [5.74, 6) is 1.15. The summed E-state index contributed by atoms with van der Waals surface area (Å²) in [5, 5.41) is 0. The van der Waals surface area contributed by atoms with Gasteiger partial charge in [0.05, 0.1) is 7.11 Å². The van der Waals surface area contributed by atoms with Gasteiger partial charge in [-0.05, 0) is 44.9 Å². The summed E-state index contributed by atoms with van der Waals surface area (Å²) in [6.07, 6.45) is 0.693. The molecule has 0 radical (unpaired) electrons. The van der Waals surface area contributed by atoms with E-state index in [-0.39, 0.29) is 6.09 Å². The van der Waals surface area contributed by atoms with Crippen molar-refractivity contribution in [1.29, 1.82) is 0 Å². The molecule has 1 atom stereocenters. The van der Waals surface area contributed by atoms with Gasteiger partial charge in [0.2, 0.25) is 0 Å². The number of methoxy groups -OCH3 is 1. The SMILES string of the molecule is COc1cc(Br)ccc1C1CCN(C(=O)OC(C)(C)C)C1. The zero-order valence-corrected chi connectivity index (χ0v) is 14.6. The van der Waals surface area contributed by atoms with Gasteiger partial charge in [-0.25, -0.2) is 4.79 Å². The number of hydrogen-bond acceptors (Lipinski definition) is 3. The number of nitrogens with zero attached hydrogens (tertiary/aromatic N) is 1. The fourth-order valence-electron chi connectivity index (χ4n) is 2.53. The molecule has 21 heavy (non-hydrogen) atoms. The van der Waals surface area contributed by atoms with E-state index in [0.717, 1.165) is 28.8 Å². The van der Waals surface area contributed by atoms with E-state index in [1.54, 1.807) is 12.0 Å². The first-order chi connectivity index (χ1) is 9.80. The highest BCUT2D eigenvalue weighted by molar-refractivity contribution is 9.10. The van der Waals surface area contributed by atoms with Crippen molar-refractivity contribution in [1.82, 2.24) is 4.90 Å². The topological polar surface area (TPSA) is 38.8 Å². The number of benzene rings is 1. The summed E-state index contributed by atoms with van der Waals surface area (Å²) in [5.41, 5.74) is 0.691. The van der Waals surface area contributed by atoms with Gasteiger partial charge >= 0.3 is 6.09 Å². The Hall–Kier alpha value is -1.23. The highest BCUT2D eigenvalue weighted by atomic mass is 79.9. The van der Waals surface area contributed by atoms with Crippen molar-refractivity contribution in [3.05, 3.63) is 28.2 Å². The Morgan fingerprint density at radius 3 is 2.71 bits per heavy atom. The quantitative estimate of drug-likeness (QED) is 0.798. The lowest BCUT2D eigenvalue weighted by molar-refractivity contribution is 0.0292. The van der Waals surface area contributed by atoms with Crippen molar-refractivity contribution in [3.63, 3.8) is 0 Å². The van der Waals surface area contributed by atoms with E-state index in [2.05, 4.69) is 22.0 Å². The van der Waals surface area contributed by atoms with Crippen LogP contribution in [0.4, 0.5) is 4.79 Å². The number of hydrogen-bond donors (Lipinski definition) is 0. The first-order valence-corrected chi connectivity index (χ1v) is 7.91. The van der Waals surface area contributed by atoms with Crippen LogP contribution in [0.15, 0.2) is 22.7 Å².